The third kappa shape index (κ3) is 1.52. The molecule has 0 spiro atoms. The number of fused-ring (bicyclic) bond motifs is 2. The maximum atomic E-state index is 10.5. The number of benzene rings is 1. The first-order chi connectivity index (χ1) is 8.33. The fourth-order valence-electron chi connectivity index (χ4n) is 2.13. The molecule has 0 atom stereocenters. The molecule has 0 aliphatic heterocycles. The van der Waals surface area contributed by atoms with Crippen LogP contribution in [0.4, 0.5) is 0 Å². The van der Waals surface area contributed by atoms with E-state index in [4.69, 9.17) is 8.83 Å². The van der Waals surface area contributed by atoms with Crippen LogP contribution in [0.3, 0.4) is 0 Å². The van der Waals surface area contributed by atoms with Gasteiger partial charge in [0.25, 0.3) is 0 Å². The number of halogens is 1. The highest BCUT2D eigenvalue weighted by atomic mass is 79.9. The average molecular weight is 293 g/mol. The highest BCUT2D eigenvalue weighted by molar-refractivity contribution is 9.10. The van der Waals surface area contributed by atoms with E-state index in [2.05, 4.69) is 15.9 Å². The molecule has 4 heteroatoms. The van der Waals surface area contributed by atoms with Crippen LogP contribution in [-0.4, -0.2) is 6.29 Å². The summed E-state index contributed by atoms with van der Waals surface area (Å²) in [5.41, 5.74) is 2.66. The predicted octanol–water partition coefficient (Wildman–Crippen LogP) is 4.07. The van der Waals surface area contributed by atoms with Crippen molar-refractivity contribution in [3.63, 3.8) is 0 Å². The molecule has 0 bridgehead atoms. The molecule has 0 aliphatic carbocycles. The molecule has 0 aliphatic rings. The number of carbonyl (C=O) groups is 1. The molecule has 3 aromatic rings. The molecule has 2 heterocycles. The van der Waals surface area contributed by atoms with E-state index in [1.54, 1.807) is 12.5 Å². The zero-order valence-electron chi connectivity index (χ0n) is 8.90. The van der Waals surface area contributed by atoms with Crippen molar-refractivity contribution in [2.75, 3.05) is 0 Å². The summed E-state index contributed by atoms with van der Waals surface area (Å²) < 4.78 is 11.9. The molecule has 0 saturated carbocycles. The van der Waals surface area contributed by atoms with Gasteiger partial charge in [0.2, 0.25) is 0 Å². The van der Waals surface area contributed by atoms with E-state index in [9.17, 15) is 4.79 Å². The Morgan fingerprint density at radius 2 is 1.82 bits per heavy atom. The minimum atomic E-state index is 0.484. The van der Waals surface area contributed by atoms with E-state index in [1.165, 1.54) is 0 Å². The predicted molar refractivity (Wildman–Crippen MR) is 68.1 cm³/mol. The van der Waals surface area contributed by atoms with Crippen LogP contribution in [0, 0.1) is 0 Å². The normalized spacial score (nSPS) is 11.4. The van der Waals surface area contributed by atoms with Gasteiger partial charge in [-0.1, -0.05) is 0 Å². The fraction of sp³-hybridized carbons (Fsp3) is 0.154. The summed E-state index contributed by atoms with van der Waals surface area (Å²) in [4.78, 5) is 10.5. The van der Waals surface area contributed by atoms with Crippen LogP contribution in [0.2, 0.25) is 0 Å². The van der Waals surface area contributed by atoms with E-state index in [-0.39, 0.29) is 0 Å². The summed E-state index contributed by atoms with van der Waals surface area (Å²) in [7, 11) is 0. The molecule has 0 fully saturated rings. The zero-order valence-corrected chi connectivity index (χ0v) is 10.5. The van der Waals surface area contributed by atoms with Gasteiger partial charge in [0, 0.05) is 22.8 Å². The van der Waals surface area contributed by atoms with E-state index < -0.39 is 0 Å². The second-order valence-electron chi connectivity index (χ2n) is 3.82. The summed E-state index contributed by atoms with van der Waals surface area (Å²) >= 11 is 3.52. The Hall–Kier alpha value is -1.55. The van der Waals surface area contributed by atoms with Crippen LogP contribution < -0.4 is 0 Å². The second-order valence-corrected chi connectivity index (χ2v) is 4.62. The van der Waals surface area contributed by atoms with Gasteiger partial charge in [0.1, 0.15) is 17.5 Å². The van der Waals surface area contributed by atoms with Crippen molar-refractivity contribution >= 4 is 44.2 Å². The maximum absolute atomic E-state index is 10.5. The Balaban J connectivity index is 2.39. The fourth-order valence-corrected chi connectivity index (χ4v) is 2.75. The van der Waals surface area contributed by atoms with E-state index in [1.807, 2.05) is 12.1 Å². The van der Waals surface area contributed by atoms with Gasteiger partial charge < -0.3 is 13.6 Å². The Kier molecular flexibility index (Phi) is 2.52. The van der Waals surface area contributed by atoms with Crippen molar-refractivity contribution < 1.29 is 13.6 Å². The van der Waals surface area contributed by atoms with Crippen LogP contribution in [0.15, 0.2) is 38.0 Å². The third-order valence-electron chi connectivity index (χ3n) is 2.88. The summed E-state index contributed by atoms with van der Waals surface area (Å²) in [6, 6.07) is 3.80. The standard InChI is InChI=1S/C13H9BrO3/c14-11-10-4-7-16-12(10)8(2-1-5-15)9-3-6-17-13(9)11/h3-7H,1-2H2. The van der Waals surface area contributed by atoms with Crippen molar-refractivity contribution in [2.45, 2.75) is 12.8 Å². The Morgan fingerprint density at radius 3 is 2.59 bits per heavy atom. The van der Waals surface area contributed by atoms with Crippen LogP contribution in [0.1, 0.15) is 12.0 Å². The first-order valence-corrected chi connectivity index (χ1v) is 6.10. The lowest BCUT2D eigenvalue weighted by Crippen LogP contribution is -1.89. The SMILES string of the molecule is O=CCCc1c2ccoc2c(Br)c2ccoc12. The quantitative estimate of drug-likeness (QED) is 0.683. The topological polar surface area (TPSA) is 43.4 Å². The number of furan rings is 2. The van der Waals surface area contributed by atoms with Crippen LogP contribution in [-0.2, 0) is 11.2 Å². The molecule has 86 valence electrons. The number of aryl methyl sites for hydroxylation is 1. The van der Waals surface area contributed by atoms with Crippen molar-refractivity contribution in [2.24, 2.45) is 0 Å². The number of carbonyl (C=O) groups excluding carboxylic acids is 1. The highest BCUT2D eigenvalue weighted by Gasteiger charge is 2.16. The molecule has 0 N–H and O–H groups in total. The zero-order chi connectivity index (χ0) is 11.8. The Morgan fingerprint density at radius 1 is 1.12 bits per heavy atom. The summed E-state index contributed by atoms with van der Waals surface area (Å²) in [6.45, 7) is 0. The lowest BCUT2D eigenvalue weighted by molar-refractivity contribution is -0.107. The van der Waals surface area contributed by atoms with Gasteiger partial charge in [-0.3, -0.25) is 0 Å². The minimum absolute atomic E-state index is 0.484. The molecule has 17 heavy (non-hydrogen) atoms. The van der Waals surface area contributed by atoms with Gasteiger partial charge in [0.15, 0.2) is 0 Å². The number of rotatable bonds is 3. The lowest BCUT2D eigenvalue weighted by Gasteiger charge is -2.04. The maximum Gasteiger partial charge on any atom is 0.149 e. The van der Waals surface area contributed by atoms with Gasteiger partial charge in [-0.25, -0.2) is 0 Å². The van der Waals surface area contributed by atoms with E-state index in [0.717, 1.165) is 38.3 Å². The van der Waals surface area contributed by atoms with Crippen molar-refractivity contribution in [1.29, 1.82) is 0 Å². The van der Waals surface area contributed by atoms with Gasteiger partial charge >= 0.3 is 0 Å². The van der Waals surface area contributed by atoms with Gasteiger partial charge in [-0.05, 0) is 34.5 Å². The Labute approximate surface area is 106 Å². The molecule has 0 unspecified atom stereocenters. The molecule has 0 amide bonds. The van der Waals surface area contributed by atoms with Gasteiger partial charge in [-0.2, -0.15) is 0 Å². The number of hydrogen-bond donors (Lipinski definition) is 0. The number of hydrogen-bond acceptors (Lipinski definition) is 3. The van der Waals surface area contributed by atoms with Crippen LogP contribution >= 0.6 is 15.9 Å². The van der Waals surface area contributed by atoms with Crippen LogP contribution in [0.25, 0.3) is 21.9 Å². The third-order valence-corrected chi connectivity index (χ3v) is 3.66. The molecule has 3 rings (SSSR count). The molecule has 0 radical (unpaired) electrons. The molecule has 1 aromatic carbocycles. The summed E-state index contributed by atoms with van der Waals surface area (Å²) in [6.07, 6.45) is 5.37. The second kappa shape index (κ2) is 4.04. The van der Waals surface area contributed by atoms with Crippen molar-refractivity contribution in [3.05, 3.63) is 34.7 Å². The number of aldehydes is 1. The van der Waals surface area contributed by atoms with E-state index >= 15 is 0 Å². The molecule has 3 nitrogen and oxygen atoms in total. The smallest absolute Gasteiger partial charge is 0.149 e. The highest BCUT2D eigenvalue weighted by Crippen LogP contribution is 2.37. The molecule has 2 aromatic heterocycles. The first kappa shape index (κ1) is 10.6. The first-order valence-electron chi connectivity index (χ1n) is 5.31. The van der Waals surface area contributed by atoms with Crippen LogP contribution in [0.5, 0.6) is 0 Å². The summed E-state index contributed by atoms with van der Waals surface area (Å²) in [5.74, 6) is 0. The van der Waals surface area contributed by atoms with Gasteiger partial charge in [-0.15, -0.1) is 0 Å². The lowest BCUT2D eigenvalue weighted by atomic mass is 10.0. The van der Waals surface area contributed by atoms with E-state index in [0.29, 0.717) is 12.8 Å². The van der Waals surface area contributed by atoms with Gasteiger partial charge in [0.05, 0.1) is 17.0 Å². The monoisotopic (exact) mass is 292 g/mol. The molecular weight excluding hydrogens is 284 g/mol. The largest absolute Gasteiger partial charge is 0.464 e. The summed E-state index contributed by atoms with van der Waals surface area (Å²) in [5, 5.41) is 1.98. The Bertz CT molecular complexity index is 641. The minimum Gasteiger partial charge on any atom is -0.464 e. The van der Waals surface area contributed by atoms with Crippen molar-refractivity contribution in [1.82, 2.24) is 0 Å². The average Bonchev–Trinajstić information content (AvgIpc) is 2.97. The molecule has 0 saturated heterocycles. The molecular formula is C13H9BrO3. The van der Waals surface area contributed by atoms with Crippen molar-refractivity contribution in [3.8, 4) is 0 Å².